The zero-order chi connectivity index (χ0) is 17.3. The van der Waals surface area contributed by atoms with Crippen LogP contribution in [0.5, 0.6) is 0 Å². The lowest BCUT2D eigenvalue weighted by atomic mass is 9.62. The molecule has 2 N–H and O–H groups in total. The number of hydrogen-bond acceptors (Lipinski definition) is 6. The molecule has 1 aliphatic rings. The highest BCUT2D eigenvalue weighted by atomic mass is 16.5. The molecule has 0 unspecified atom stereocenters. The summed E-state index contributed by atoms with van der Waals surface area (Å²) in [5, 5.41) is 17.0. The van der Waals surface area contributed by atoms with E-state index in [2.05, 4.69) is 32.6 Å². The fourth-order valence-electron chi connectivity index (χ4n) is 3.42. The first-order valence-electron chi connectivity index (χ1n) is 8.39. The fourth-order valence-corrected chi connectivity index (χ4v) is 3.42. The van der Waals surface area contributed by atoms with Gasteiger partial charge in [0.1, 0.15) is 5.82 Å². The second kappa shape index (κ2) is 6.29. The van der Waals surface area contributed by atoms with Crippen molar-refractivity contribution < 1.29 is 9.63 Å². The minimum absolute atomic E-state index is 0.0371. The summed E-state index contributed by atoms with van der Waals surface area (Å²) in [4.78, 5) is 8.64. The number of rotatable bonds is 5. The summed E-state index contributed by atoms with van der Waals surface area (Å²) < 4.78 is 5.15. The summed E-state index contributed by atoms with van der Waals surface area (Å²) in [6.45, 7) is 2.52. The van der Waals surface area contributed by atoms with Crippen LogP contribution in [0.25, 0.3) is 11.5 Å². The maximum absolute atomic E-state index is 9.84. The highest BCUT2D eigenvalue weighted by molar-refractivity contribution is 5.54. The summed E-state index contributed by atoms with van der Waals surface area (Å²) >= 11 is 0. The monoisotopic (exact) mass is 336 g/mol. The van der Waals surface area contributed by atoms with Gasteiger partial charge in [0.05, 0.1) is 11.7 Å². The average Bonchev–Trinajstić information content (AvgIpc) is 3.05. The predicted molar refractivity (Wildman–Crippen MR) is 94.1 cm³/mol. The zero-order valence-electron chi connectivity index (χ0n) is 14.0. The van der Waals surface area contributed by atoms with Crippen LogP contribution in [-0.4, -0.2) is 32.9 Å². The molecule has 0 atom stereocenters. The maximum Gasteiger partial charge on any atom is 0.259 e. The minimum atomic E-state index is -0.224. The third-order valence-electron chi connectivity index (χ3n) is 4.78. The van der Waals surface area contributed by atoms with Crippen LogP contribution in [0.1, 0.15) is 24.2 Å². The van der Waals surface area contributed by atoms with E-state index in [0.29, 0.717) is 11.7 Å². The molecule has 1 fully saturated rings. The van der Waals surface area contributed by atoms with Gasteiger partial charge in [0.2, 0.25) is 0 Å². The number of nitrogens with zero attached hydrogens (tertiary/aromatic N) is 3. The van der Waals surface area contributed by atoms with Crippen LogP contribution in [0, 0.1) is 6.92 Å². The van der Waals surface area contributed by atoms with Crippen LogP contribution < -0.4 is 5.32 Å². The Hall–Kier alpha value is -2.73. The van der Waals surface area contributed by atoms with Crippen molar-refractivity contribution in [3.05, 3.63) is 60.0 Å². The third kappa shape index (κ3) is 3.13. The standard InChI is InChI=1S/C19H20N4O2/c1-13-22-18(25-23-13)14-7-8-17(20-11-14)21-12-19(9-16(24)10-19)15-5-3-2-4-6-15/h2-8,11,16,24H,9-10,12H2,1H3,(H,20,21). The topological polar surface area (TPSA) is 84.1 Å². The minimum Gasteiger partial charge on any atom is -0.393 e. The van der Waals surface area contributed by atoms with Gasteiger partial charge < -0.3 is 14.9 Å². The number of pyridine rings is 1. The first-order chi connectivity index (χ1) is 12.1. The van der Waals surface area contributed by atoms with Gasteiger partial charge in [-0.1, -0.05) is 35.5 Å². The van der Waals surface area contributed by atoms with E-state index in [-0.39, 0.29) is 11.5 Å². The number of anilines is 1. The zero-order valence-corrected chi connectivity index (χ0v) is 14.0. The molecule has 6 nitrogen and oxygen atoms in total. The average molecular weight is 336 g/mol. The number of aliphatic hydroxyl groups is 1. The molecular weight excluding hydrogens is 316 g/mol. The maximum atomic E-state index is 9.84. The molecule has 6 heteroatoms. The lowest BCUT2D eigenvalue weighted by Crippen LogP contribution is -2.49. The highest BCUT2D eigenvalue weighted by Crippen LogP contribution is 2.43. The molecular formula is C19H20N4O2. The van der Waals surface area contributed by atoms with E-state index in [9.17, 15) is 5.11 Å². The van der Waals surface area contributed by atoms with E-state index in [1.54, 1.807) is 13.1 Å². The molecule has 2 heterocycles. The molecule has 128 valence electrons. The van der Waals surface area contributed by atoms with Crippen LogP contribution in [-0.2, 0) is 5.41 Å². The Morgan fingerprint density at radius 2 is 2.00 bits per heavy atom. The number of aliphatic hydroxyl groups excluding tert-OH is 1. The molecule has 0 saturated heterocycles. The van der Waals surface area contributed by atoms with Gasteiger partial charge in [-0.3, -0.25) is 0 Å². The lowest BCUT2D eigenvalue weighted by Gasteiger charge is -2.46. The predicted octanol–water partition coefficient (Wildman–Crippen LogP) is 2.94. The Kier molecular flexibility index (Phi) is 3.97. The molecule has 1 saturated carbocycles. The van der Waals surface area contributed by atoms with E-state index in [1.165, 1.54) is 5.56 Å². The molecule has 1 aromatic carbocycles. The van der Waals surface area contributed by atoms with Crippen molar-refractivity contribution in [1.29, 1.82) is 0 Å². The Morgan fingerprint density at radius 1 is 1.20 bits per heavy atom. The molecule has 1 aliphatic carbocycles. The molecule has 0 aliphatic heterocycles. The fraction of sp³-hybridized carbons (Fsp3) is 0.316. The molecule has 25 heavy (non-hydrogen) atoms. The number of benzene rings is 1. The summed E-state index contributed by atoms with van der Waals surface area (Å²) in [5.41, 5.74) is 2.01. The Bertz CT molecular complexity index is 839. The Labute approximate surface area is 145 Å². The van der Waals surface area contributed by atoms with Crippen molar-refractivity contribution in [3.8, 4) is 11.5 Å². The van der Waals surface area contributed by atoms with Gasteiger partial charge in [0.15, 0.2) is 5.82 Å². The van der Waals surface area contributed by atoms with Crippen molar-refractivity contribution in [2.75, 3.05) is 11.9 Å². The number of hydrogen-bond donors (Lipinski definition) is 2. The Balaban J connectivity index is 1.47. The molecule has 0 radical (unpaired) electrons. The molecule has 4 rings (SSSR count). The van der Waals surface area contributed by atoms with Crippen LogP contribution in [0.3, 0.4) is 0 Å². The van der Waals surface area contributed by atoms with Gasteiger partial charge in [0, 0.05) is 18.2 Å². The van der Waals surface area contributed by atoms with Gasteiger partial charge >= 0.3 is 0 Å². The first kappa shape index (κ1) is 15.8. The molecule has 0 amide bonds. The van der Waals surface area contributed by atoms with Crippen molar-refractivity contribution in [2.45, 2.75) is 31.3 Å². The molecule has 3 aromatic rings. The smallest absolute Gasteiger partial charge is 0.259 e. The van der Waals surface area contributed by atoms with Crippen LogP contribution in [0.4, 0.5) is 5.82 Å². The lowest BCUT2D eigenvalue weighted by molar-refractivity contribution is 0.0242. The van der Waals surface area contributed by atoms with Crippen LogP contribution in [0.2, 0.25) is 0 Å². The quantitative estimate of drug-likeness (QED) is 0.745. The number of aromatic nitrogens is 3. The number of nitrogens with one attached hydrogen (secondary N) is 1. The van der Waals surface area contributed by atoms with Crippen LogP contribution >= 0.6 is 0 Å². The van der Waals surface area contributed by atoms with E-state index >= 15 is 0 Å². The van der Waals surface area contributed by atoms with E-state index in [0.717, 1.165) is 30.8 Å². The Morgan fingerprint density at radius 3 is 2.60 bits per heavy atom. The SMILES string of the molecule is Cc1noc(-c2ccc(NCC3(c4ccccc4)CC(O)C3)nc2)n1. The normalized spacial score (nSPS) is 22.4. The summed E-state index contributed by atoms with van der Waals surface area (Å²) in [6, 6.07) is 14.2. The van der Waals surface area contributed by atoms with Crippen molar-refractivity contribution in [1.82, 2.24) is 15.1 Å². The van der Waals surface area contributed by atoms with Gasteiger partial charge in [-0.05, 0) is 37.5 Å². The van der Waals surface area contributed by atoms with Gasteiger partial charge in [-0.25, -0.2) is 4.98 Å². The summed E-state index contributed by atoms with van der Waals surface area (Å²) in [5.74, 6) is 1.86. The van der Waals surface area contributed by atoms with E-state index in [4.69, 9.17) is 4.52 Å². The second-order valence-electron chi connectivity index (χ2n) is 6.64. The second-order valence-corrected chi connectivity index (χ2v) is 6.64. The highest BCUT2D eigenvalue weighted by Gasteiger charge is 2.44. The first-order valence-corrected chi connectivity index (χ1v) is 8.39. The van der Waals surface area contributed by atoms with Gasteiger partial charge in [-0.2, -0.15) is 4.98 Å². The molecule has 0 bridgehead atoms. The summed E-state index contributed by atoms with van der Waals surface area (Å²) in [6.07, 6.45) is 3.03. The van der Waals surface area contributed by atoms with E-state index < -0.39 is 0 Å². The van der Waals surface area contributed by atoms with Crippen molar-refractivity contribution in [3.63, 3.8) is 0 Å². The molecule has 0 spiro atoms. The van der Waals surface area contributed by atoms with Gasteiger partial charge in [-0.15, -0.1) is 0 Å². The summed E-state index contributed by atoms with van der Waals surface area (Å²) in [7, 11) is 0. The largest absolute Gasteiger partial charge is 0.393 e. The van der Waals surface area contributed by atoms with Crippen molar-refractivity contribution in [2.24, 2.45) is 0 Å². The third-order valence-corrected chi connectivity index (χ3v) is 4.78. The van der Waals surface area contributed by atoms with Crippen LogP contribution in [0.15, 0.2) is 53.2 Å². The molecule has 2 aromatic heterocycles. The van der Waals surface area contributed by atoms with E-state index in [1.807, 2.05) is 30.3 Å². The number of aryl methyl sites for hydroxylation is 1. The van der Waals surface area contributed by atoms with Crippen molar-refractivity contribution >= 4 is 5.82 Å². The van der Waals surface area contributed by atoms with Gasteiger partial charge in [0.25, 0.3) is 5.89 Å².